The van der Waals surface area contributed by atoms with Crippen molar-refractivity contribution in [2.45, 2.75) is 0 Å². The van der Waals surface area contributed by atoms with Crippen molar-refractivity contribution in [2.24, 2.45) is 0 Å². The van der Waals surface area contributed by atoms with E-state index in [2.05, 4.69) is 5.32 Å². The first-order valence-electron chi connectivity index (χ1n) is 2.27. The number of carbonyl (C=O) groups is 2. The van der Waals surface area contributed by atoms with Gasteiger partial charge in [0.15, 0.2) is 0 Å². The van der Waals surface area contributed by atoms with E-state index in [1.165, 1.54) is 0 Å². The molecular formula is C4H9MgNO4. The van der Waals surface area contributed by atoms with Crippen LogP contribution in [0, 0.1) is 0 Å². The molecule has 0 aliphatic heterocycles. The van der Waals surface area contributed by atoms with Crippen LogP contribution in [0.3, 0.4) is 0 Å². The van der Waals surface area contributed by atoms with Gasteiger partial charge in [-0.15, -0.1) is 0 Å². The van der Waals surface area contributed by atoms with E-state index in [0.717, 1.165) is 0 Å². The van der Waals surface area contributed by atoms with Gasteiger partial charge in [-0.3, -0.25) is 14.9 Å². The van der Waals surface area contributed by atoms with E-state index < -0.39 is 11.9 Å². The number of nitrogens with one attached hydrogen (secondary N) is 1. The standard InChI is InChI=1S/C4H7NO4.Mg.2H/c6-3(7)1-5-2-4(8)9;;;/h5H,1-2H2,(H,6,7)(H,8,9);;;/q;+2;2*-1. The molecule has 56 valence electrons. The van der Waals surface area contributed by atoms with Gasteiger partial charge in [0.05, 0.1) is 13.1 Å². The maximum atomic E-state index is 9.73. The van der Waals surface area contributed by atoms with Gasteiger partial charge in [0.1, 0.15) is 0 Å². The molecule has 5 nitrogen and oxygen atoms in total. The molecule has 0 saturated heterocycles. The number of carboxylic acid groups (broad SMARTS) is 2. The van der Waals surface area contributed by atoms with E-state index >= 15 is 0 Å². The van der Waals surface area contributed by atoms with Crippen molar-refractivity contribution in [3.05, 3.63) is 0 Å². The van der Waals surface area contributed by atoms with Crippen molar-refractivity contribution in [2.75, 3.05) is 13.1 Å². The number of hydrogen-bond donors (Lipinski definition) is 3. The van der Waals surface area contributed by atoms with Crippen LogP contribution in [0.5, 0.6) is 0 Å². The zero-order valence-electron chi connectivity index (χ0n) is 7.33. The van der Waals surface area contributed by atoms with Crippen LogP contribution in [0.2, 0.25) is 0 Å². The zero-order valence-corrected chi connectivity index (χ0v) is 6.75. The second-order valence-corrected chi connectivity index (χ2v) is 1.39. The minimum Gasteiger partial charge on any atom is -1.00 e. The maximum Gasteiger partial charge on any atom is 2.00 e. The molecule has 0 spiro atoms. The van der Waals surface area contributed by atoms with Crippen LogP contribution in [0.1, 0.15) is 2.85 Å². The van der Waals surface area contributed by atoms with Crippen LogP contribution in [-0.4, -0.2) is 58.3 Å². The topological polar surface area (TPSA) is 86.6 Å². The molecule has 0 aliphatic rings. The Labute approximate surface area is 76.5 Å². The summed E-state index contributed by atoms with van der Waals surface area (Å²) in [5.74, 6) is -2.12. The summed E-state index contributed by atoms with van der Waals surface area (Å²) < 4.78 is 0. The third kappa shape index (κ3) is 10.6. The van der Waals surface area contributed by atoms with E-state index in [-0.39, 0.29) is 39.0 Å². The van der Waals surface area contributed by atoms with Crippen LogP contribution in [-0.2, 0) is 9.59 Å². The first-order chi connectivity index (χ1) is 4.13. The molecule has 0 atom stereocenters. The Balaban J connectivity index is -0.000000107. The van der Waals surface area contributed by atoms with Crippen molar-refractivity contribution < 1.29 is 22.7 Å². The van der Waals surface area contributed by atoms with Gasteiger partial charge in [-0.1, -0.05) is 0 Å². The molecule has 0 rings (SSSR count). The van der Waals surface area contributed by atoms with E-state index in [4.69, 9.17) is 10.2 Å². The molecule has 0 heterocycles. The molecule has 0 aromatic rings. The van der Waals surface area contributed by atoms with Crippen molar-refractivity contribution in [1.82, 2.24) is 5.32 Å². The second-order valence-electron chi connectivity index (χ2n) is 1.39. The summed E-state index contributed by atoms with van der Waals surface area (Å²) in [6.45, 7) is -0.626. The molecule has 3 N–H and O–H groups in total. The van der Waals surface area contributed by atoms with Crippen LogP contribution in [0.4, 0.5) is 0 Å². The van der Waals surface area contributed by atoms with E-state index in [0.29, 0.717) is 0 Å². The van der Waals surface area contributed by atoms with Gasteiger partial charge >= 0.3 is 35.0 Å². The van der Waals surface area contributed by atoms with Gasteiger partial charge in [0.25, 0.3) is 0 Å². The summed E-state index contributed by atoms with van der Waals surface area (Å²) in [5.41, 5.74) is 0. The van der Waals surface area contributed by atoms with Crippen LogP contribution in [0.25, 0.3) is 0 Å². The quantitative estimate of drug-likeness (QED) is 0.439. The third-order valence-corrected chi connectivity index (χ3v) is 0.552. The molecule has 0 amide bonds. The molecule has 0 fully saturated rings. The molecule has 0 radical (unpaired) electrons. The molecule has 0 unspecified atom stereocenters. The minimum absolute atomic E-state index is 0. The fourth-order valence-electron chi connectivity index (χ4n) is 0.276. The van der Waals surface area contributed by atoms with Gasteiger partial charge in [-0.25, -0.2) is 0 Å². The summed E-state index contributed by atoms with van der Waals surface area (Å²) in [7, 11) is 0. The molecule has 10 heavy (non-hydrogen) atoms. The summed E-state index contributed by atoms with van der Waals surface area (Å²) in [6, 6.07) is 0. The van der Waals surface area contributed by atoms with Crippen molar-refractivity contribution in [1.29, 1.82) is 0 Å². The average molecular weight is 159 g/mol. The molecule has 0 aromatic heterocycles. The van der Waals surface area contributed by atoms with Gasteiger partial charge in [0, 0.05) is 0 Å². The first-order valence-corrected chi connectivity index (χ1v) is 2.27. The number of carboxylic acids is 2. The van der Waals surface area contributed by atoms with Crippen LogP contribution < -0.4 is 5.32 Å². The Kier molecular flexibility index (Phi) is 8.38. The molecule has 0 aromatic carbocycles. The van der Waals surface area contributed by atoms with E-state index in [1.807, 2.05) is 0 Å². The predicted molar refractivity (Wildman–Crippen MR) is 36.1 cm³/mol. The van der Waals surface area contributed by atoms with E-state index in [9.17, 15) is 9.59 Å². The van der Waals surface area contributed by atoms with Gasteiger partial charge < -0.3 is 13.1 Å². The molecule has 6 heteroatoms. The zero-order chi connectivity index (χ0) is 7.28. The smallest absolute Gasteiger partial charge is 1.00 e. The van der Waals surface area contributed by atoms with Crippen molar-refractivity contribution >= 4 is 35.0 Å². The SMILES string of the molecule is O=C(O)CNCC(=O)O.[H-].[H-].[Mg+2]. The number of aliphatic carboxylic acids is 2. The van der Waals surface area contributed by atoms with E-state index in [1.54, 1.807) is 0 Å². The number of hydrogen-bond acceptors (Lipinski definition) is 3. The summed E-state index contributed by atoms with van der Waals surface area (Å²) in [6.07, 6.45) is 0. The van der Waals surface area contributed by atoms with Crippen molar-refractivity contribution in [3.8, 4) is 0 Å². The molecule has 0 saturated carbocycles. The summed E-state index contributed by atoms with van der Waals surface area (Å²) in [5, 5.41) is 18.1. The molecular weight excluding hydrogens is 150 g/mol. The second kappa shape index (κ2) is 6.78. The summed E-state index contributed by atoms with van der Waals surface area (Å²) in [4.78, 5) is 19.5. The molecule has 0 aliphatic carbocycles. The molecule has 0 bridgehead atoms. The third-order valence-electron chi connectivity index (χ3n) is 0.552. The maximum absolute atomic E-state index is 9.73. The fraction of sp³-hybridized carbons (Fsp3) is 0.500. The normalized spacial score (nSPS) is 8.00. The summed E-state index contributed by atoms with van der Waals surface area (Å²) >= 11 is 0. The Bertz CT molecular complexity index is 120. The van der Waals surface area contributed by atoms with Crippen LogP contribution >= 0.6 is 0 Å². The fourth-order valence-corrected chi connectivity index (χ4v) is 0.276. The van der Waals surface area contributed by atoms with Crippen molar-refractivity contribution in [3.63, 3.8) is 0 Å². The predicted octanol–water partition coefficient (Wildman–Crippen LogP) is -1.41. The van der Waals surface area contributed by atoms with Crippen LogP contribution in [0.15, 0.2) is 0 Å². The van der Waals surface area contributed by atoms with Gasteiger partial charge in [-0.2, -0.15) is 0 Å². The minimum atomic E-state index is -1.06. The Morgan fingerprint density at radius 2 is 1.50 bits per heavy atom. The monoisotopic (exact) mass is 159 g/mol. The average Bonchev–Trinajstić information content (AvgIpc) is 1.63. The number of rotatable bonds is 4. The Hall–Kier alpha value is -0.334. The first kappa shape index (κ1) is 12.4. The van der Waals surface area contributed by atoms with Gasteiger partial charge in [-0.05, 0) is 0 Å². The Morgan fingerprint density at radius 1 is 1.20 bits per heavy atom. The Morgan fingerprint density at radius 3 is 1.70 bits per heavy atom. The largest absolute Gasteiger partial charge is 2.00 e. The van der Waals surface area contributed by atoms with Gasteiger partial charge in [0.2, 0.25) is 0 Å².